The largest absolute Gasteiger partial charge is 0.354 e. The van der Waals surface area contributed by atoms with Crippen molar-refractivity contribution < 1.29 is 18.0 Å². The van der Waals surface area contributed by atoms with Crippen LogP contribution in [0.15, 0.2) is 108 Å². The van der Waals surface area contributed by atoms with Crippen molar-refractivity contribution in [1.29, 1.82) is 0 Å². The lowest BCUT2D eigenvalue weighted by molar-refractivity contribution is -0.140. The van der Waals surface area contributed by atoms with E-state index in [0.717, 1.165) is 9.87 Å². The smallest absolute Gasteiger partial charge is 0.264 e. The van der Waals surface area contributed by atoms with Gasteiger partial charge in [-0.1, -0.05) is 96.9 Å². The maximum absolute atomic E-state index is 14.5. The van der Waals surface area contributed by atoms with Crippen molar-refractivity contribution in [2.75, 3.05) is 17.4 Å². The van der Waals surface area contributed by atoms with E-state index >= 15 is 0 Å². The van der Waals surface area contributed by atoms with Crippen LogP contribution in [0.5, 0.6) is 0 Å². The van der Waals surface area contributed by atoms with E-state index < -0.39 is 28.5 Å². The fourth-order valence-electron chi connectivity index (χ4n) is 4.82. The number of carbonyl (C=O) groups is 2. The number of sulfonamides is 1. The van der Waals surface area contributed by atoms with Gasteiger partial charge in [0.2, 0.25) is 11.8 Å². The number of nitrogens with zero attached hydrogens (tertiary/aromatic N) is 2. The summed E-state index contributed by atoms with van der Waals surface area (Å²) in [5.74, 6) is -0.891. The number of anilines is 1. The first kappa shape index (κ1) is 33.1. The highest BCUT2D eigenvalue weighted by Crippen LogP contribution is 2.29. The van der Waals surface area contributed by atoms with Crippen molar-refractivity contribution in [3.05, 3.63) is 130 Å². The SMILES string of the molecule is CCCNC(=O)[C@H](Cc1ccccc1)N(Cc1ccccc1Cl)C(=O)CN(c1ccccc1C)S(=O)(=O)c1ccc(Cl)cc1. The molecule has 0 fully saturated rings. The van der Waals surface area contributed by atoms with Gasteiger partial charge in [0.15, 0.2) is 0 Å². The molecule has 0 saturated heterocycles. The first-order valence-electron chi connectivity index (χ1n) is 14.3. The molecule has 0 aliphatic rings. The molecule has 0 aliphatic heterocycles. The van der Waals surface area contributed by atoms with Crippen molar-refractivity contribution in [3.63, 3.8) is 0 Å². The Morgan fingerprint density at radius 3 is 2.14 bits per heavy atom. The van der Waals surface area contributed by atoms with Crippen molar-refractivity contribution in [2.24, 2.45) is 0 Å². The van der Waals surface area contributed by atoms with E-state index in [4.69, 9.17) is 23.2 Å². The van der Waals surface area contributed by atoms with Gasteiger partial charge in [-0.05, 0) is 66.4 Å². The maximum Gasteiger partial charge on any atom is 0.264 e. The topological polar surface area (TPSA) is 86.8 Å². The van der Waals surface area contributed by atoms with E-state index in [1.165, 1.54) is 29.2 Å². The number of hydrogen-bond acceptors (Lipinski definition) is 4. The van der Waals surface area contributed by atoms with Crippen molar-refractivity contribution >= 4 is 50.7 Å². The molecule has 1 N–H and O–H groups in total. The van der Waals surface area contributed by atoms with Gasteiger partial charge in [-0.3, -0.25) is 13.9 Å². The van der Waals surface area contributed by atoms with E-state index in [9.17, 15) is 18.0 Å². The minimum absolute atomic E-state index is 0.00183. The molecule has 2 amide bonds. The molecule has 230 valence electrons. The second kappa shape index (κ2) is 15.2. The minimum atomic E-state index is -4.22. The number of hydrogen-bond donors (Lipinski definition) is 1. The maximum atomic E-state index is 14.5. The van der Waals surface area contributed by atoms with E-state index in [1.54, 1.807) is 55.5 Å². The van der Waals surface area contributed by atoms with Gasteiger partial charge >= 0.3 is 0 Å². The Morgan fingerprint density at radius 2 is 1.48 bits per heavy atom. The molecule has 0 aliphatic carbocycles. The van der Waals surface area contributed by atoms with Gasteiger partial charge in [0.25, 0.3) is 10.0 Å². The zero-order valence-corrected chi connectivity index (χ0v) is 26.9. The Bertz CT molecular complexity index is 1680. The highest BCUT2D eigenvalue weighted by atomic mass is 35.5. The molecule has 1 atom stereocenters. The van der Waals surface area contributed by atoms with Gasteiger partial charge < -0.3 is 10.2 Å². The predicted octanol–water partition coefficient (Wildman–Crippen LogP) is 6.66. The van der Waals surface area contributed by atoms with E-state index in [0.29, 0.717) is 39.8 Å². The molecule has 0 heterocycles. The summed E-state index contributed by atoms with van der Waals surface area (Å²) in [6.45, 7) is 3.60. The number of rotatable bonds is 13. The van der Waals surface area contributed by atoms with E-state index in [2.05, 4.69) is 5.32 Å². The van der Waals surface area contributed by atoms with Crippen LogP contribution in [0, 0.1) is 6.92 Å². The normalized spacial score (nSPS) is 11.9. The molecule has 44 heavy (non-hydrogen) atoms. The summed E-state index contributed by atoms with van der Waals surface area (Å²) in [6, 6.07) is 28.3. The van der Waals surface area contributed by atoms with Gasteiger partial charge in [0, 0.05) is 29.6 Å². The van der Waals surface area contributed by atoms with Crippen LogP contribution in [0.3, 0.4) is 0 Å². The highest BCUT2D eigenvalue weighted by molar-refractivity contribution is 7.92. The average Bonchev–Trinajstić information content (AvgIpc) is 3.02. The van der Waals surface area contributed by atoms with Gasteiger partial charge in [-0.2, -0.15) is 0 Å². The Labute approximate surface area is 269 Å². The summed E-state index contributed by atoms with van der Waals surface area (Å²) >= 11 is 12.6. The van der Waals surface area contributed by atoms with Crippen LogP contribution in [0.1, 0.15) is 30.0 Å². The number of para-hydroxylation sites is 1. The lowest BCUT2D eigenvalue weighted by atomic mass is 10.0. The monoisotopic (exact) mass is 651 g/mol. The lowest BCUT2D eigenvalue weighted by Gasteiger charge is -2.34. The van der Waals surface area contributed by atoms with Crippen LogP contribution in [0.25, 0.3) is 0 Å². The summed E-state index contributed by atoms with van der Waals surface area (Å²) < 4.78 is 29.3. The zero-order chi connectivity index (χ0) is 31.7. The summed E-state index contributed by atoms with van der Waals surface area (Å²) in [7, 11) is -4.22. The third kappa shape index (κ3) is 8.20. The molecular weight excluding hydrogens is 617 g/mol. The molecule has 0 radical (unpaired) electrons. The number of amides is 2. The lowest BCUT2D eigenvalue weighted by Crippen LogP contribution is -2.53. The summed E-state index contributed by atoms with van der Waals surface area (Å²) in [4.78, 5) is 29.6. The van der Waals surface area contributed by atoms with E-state index in [1.807, 2.05) is 37.3 Å². The van der Waals surface area contributed by atoms with Crippen molar-refractivity contribution in [3.8, 4) is 0 Å². The van der Waals surface area contributed by atoms with Crippen LogP contribution >= 0.6 is 23.2 Å². The second-order valence-corrected chi connectivity index (χ2v) is 13.1. The molecule has 0 aromatic heterocycles. The summed E-state index contributed by atoms with van der Waals surface area (Å²) in [5.41, 5.74) is 2.50. The summed E-state index contributed by atoms with van der Waals surface area (Å²) in [6.07, 6.45) is 0.934. The Morgan fingerprint density at radius 1 is 0.841 bits per heavy atom. The van der Waals surface area contributed by atoms with Crippen molar-refractivity contribution in [2.45, 2.75) is 44.2 Å². The second-order valence-electron chi connectivity index (χ2n) is 10.4. The fourth-order valence-corrected chi connectivity index (χ4v) is 6.62. The van der Waals surface area contributed by atoms with Crippen LogP contribution in [0.2, 0.25) is 10.0 Å². The Hall–Kier alpha value is -3.85. The molecule has 7 nitrogen and oxygen atoms in total. The minimum Gasteiger partial charge on any atom is -0.354 e. The summed E-state index contributed by atoms with van der Waals surface area (Å²) in [5, 5.41) is 3.75. The number of carbonyl (C=O) groups excluding carboxylic acids is 2. The van der Waals surface area contributed by atoms with Crippen LogP contribution in [-0.2, 0) is 32.6 Å². The first-order valence-corrected chi connectivity index (χ1v) is 16.5. The Kier molecular flexibility index (Phi) is 11.4. The standard InChI is InChI=1S/C34H35Cl2N3O4S/c1-3-21-37-34(41)32(22-26-12-5-4-6-13-26)38(23-27-14-8-9-15-30(27)36)33(40)24-39(31-16-10-7-11-25(31)2)44(42,43)29-19-17-28(35)18-20-29/h4-20,32H,3,21-24H2,1-2H3,(H,37,41)/t32-/m0/s1. The molecule has 0 spiro atoms. The molecule has 0 bridgehead atoms. The molecule has 0 saturated carbocycles. The van der Waals surface area contributed by atoms with Crippen LogP contribution in [-0.4, -0.2) is 44.3 Å². The Balaban J connectivity index is 1.81. The van der Waals surface area contributed by atoms with E-state index in [-0.39, 0.29) is 23.8 Å². The fraction of sp³-hybridized carbons (Fsp3) is 0.235. The predicted molar refractivity (Wildman–Crippen MR) is 176 cm³/mol. The van der Waals surface area contributed by atoms with Gasteiger partial charge in [0.1, 0.15) is 12.6 Å². The van der Waals surface area contributed by atoms with Crippen molar-refractivity contribution in [1.82, 2.24) is 10.2 Å². The molecule has 4 aromatic rings. The molecular formula is C34H35Cl2N3O4S. The molecule has 0 unspecified atom stereocenters. The number of halogens is 2. The molecule has 10 heteroatoms. The third-order valence-corrected chi connectivity index (χ3v) is 9.58. The number of benzene rings is 4. The number of aryl methyl sites for hydroxylation is 1. The molecule has 4 aromatic carbocycles. The quantitative estimate of drug-likeness (QED) is 0.175. The van der Waals surface area contributed by atoms with Gasteiger partial charge in [-0.15, -0.1) is 0 Å². The number of nitrogens with one attached hydrogen (secondary N) is 1. The van der Waals surface area contributed by atoms with Gasteiger partial charge in [0.05, 0.1) is 10.6 Å². The van der Waals surface area contributed by atoms with Crippen LogP contribution < -0.4 is 9.62 Å². The highest BCUT2D eigenvalue weighted by Gasteiger charge is 2.35. The van der Waals surface area contributed by atoms with Crippen LogP contribution in [0.4, 0.5) is 5.69 Å². The third-order valence-electron chi connectivity index (χ3n) is 7.18. The molecule has 4 rings (SSSR count). The van der Waals surface area contributed by atoms with Gasteiger partial charge in [-0.25, -0.2) is 8.42 Å². The zero-order valence-electron chi connectivity index (χ0n) is 24.6. The average molecular weight is 653 g/mol. The first-order chi connectivity index (χ1) is 21.1.